The summed E-state index contributed by atoms with van der Waals surface area (Å²) in [4.78, 5) is 12.8. The minimum absolute atomic E-state index is 0.0704. The van der Waals surface area contributed by atoms with Crippen molar-refractivity contribution in [2.75, 3.05) is 32.2 Å². The van der Waals surface area contributed by atoms with Gasteiger partial charge >= 0.3 is 5.97 Å². The van der Waals surface area contributed by atoms with Gasteiger partial charge < -0.3 is 19.5 Å². The Labute approximate surface area is 124 Å². The van der Waals surface area contributed by atoms with Crippen LogP contribution in [0.2, 0.25) is 0 Å². The van der Waals surface area contributed by atoms with Crippen molar-refractivity contribution < 1.29 is 19.4 Å². The molecule has 1 heterocycles. The van der Waals surface area contributed by atoms with Crippen molar-refractivity contribution >= 4 is 17.7 Å². The second-order valence-corrected chi connectivity index (χ2v) is 5.17. The molecular weight excluding hydrogens is 270 g/mol. The third-order valence-corrected chi connectivity index (χ3v) is 3.80. The summed E-state index contributed by atoms with van der Waals surface area (Å²) >= 11 is 0. The van der Waals surface area contributed by atoms with Gasteiger partial charge in [0.15, 0.2) is 0 Å². The summed E-state index contributed by atoms with van der Waals surface area (Å²) in [6.07, 6.45) is 2.88. The normalized spacial score (nSPS) is 22.1. The van der Waals surface area contributed by atoms with Crippen LogP contribution in [0.1, 0.15) is 11.1 Å². The molecule has 1 N–H and O–H groups in total. The number of hydrogen-bond acceptors (Lipinski definition) is 4. The number of anilines is 1. The summed E-state index contributed by atoms with van der Waals surface area (Å²) in [5.41, 5.74) is 3.11. The molecule has 0 radical (unpaired) electrons. The number of aliphatic carboxylic acids is 1. The monoisotopic (exact) mass is 291 g/mol. The van der Waals surface area contributed by atoms with Crippen molar-refractivity contribution in [2.24, 2.45) is 0 Å². The third-order valence-electron chi connectivity index (χ3n) is 3.80. The molecule has 0 spiro atoms. The lowest BCUT2D eigenvalue weighted by Crippen LogP contribution is -2.27. The number of carboxylic acids is 1. The van der Waals surface area contributed by atoms with Gasteiger partial charge in [-0.2, -0.15) is 0 Å². The third kappa shape index (κ3) is 3.62. The number of carbonyl (C=O) groups is 1. The number of rotatable bonds is 5. The van der Waals surface area contributed by atoms with Gasteiger partial charge in [0.25, 0.3) is 0 Å². The minimum atomic E-state index is -0.942. The van der Waals surface area contributed by atoms with E-state index in [1.807, 2.05) is 25.1 Å². The van der Waals surface area contributed by atoms with E-state index in [-0.39, 0.29) is 12.2 Å². The van der Waals surface area contributed by atoms with E-state index >= 15 is 0 Å². The second-order valence-electron chi connectivity index (χ2n) is 5.17. The first-order valence-electron chi connectivity index (χ1n) is 6.87. The molecule has 1 fully saturated rings. The van der Waals surface area contributed by atoms with Gasteiger partial charge in [-0.25, -0.2) is 4.79 Å². The van der Waals surface area contributed by atoms with Crippen LogP contribution in [0, 0.1) is 6.92 Å². The maximum absolute atomic E-state index is 10.5. The molecule has 2 rings (SSSR count). The number of benzene rings is 1. The highest BCUT2D eigenvalue weighted by molar-refractivity contribution is 5.85. The number of methoxy groups -OCH3 is 2. The standard InChI is InChI=1S/C16H21NO4/c1-11-8-12(5-7-16(18)19)4-6-13(11)17-9-14(20-2)15(10-17)21-3/h4-8,14-15H,9-10H2,1-3H3,(H,18,19)/b7-5+. The molecule has 1 aromatic rings. The van der Waals surface area contributed by atoms with Crippen molar-refractivity contribution in [3.05, 3.63) is 35.4 Å². The Morgan fingerprint density at radius 1 is 1.29 bits per heavy atom. The molecular formula is C16H21NO4. The van der Waals surface area contributed by atoms with Crippen LogP contribution in [-0.2, 0) is 14.3 Å². The number of carboxylic acid groups (broad SMARTS) is 1. The minimum Gasteiger partial charge on any atom is -0.478 e. The van der Waals surface area contributed by atoms with Crippen LogP contribution in [0.4, 0.5) is 5.69 Å². The summed E-state index contributed by atoms with van der Waals surface area (Å²) in [5, 5.41) is 8.66. The van der Waals surface area contributed by atoms with Crippen molar-refractivity contribution in [1.82, 2.24) is 0 Å². The molecule has 1 saturated heterocycles. The zero-order valence-electron chi connectivity index (χ0n) is 12.6. The molecule has 0 aliphatic carbocycles. The van der Waals surface area contributed by atoms with Gasteiger partial charge in [0, 0.05) is 39.1 Å². The summed E-state index contributed by atoms with van der Waals surface area (Å²) in [7, 11) is 3.40. The van der Waals surface area contributed by atoms with E-state index in [1.165, 1.54) is 0 Å². The molecule has 21 heavy (non-hydrogen) atoms. The number of hydrogen-bond donors (Lipinski definition) is 1. The molecule has 5 heteroatoms. The second kappa shape index (κ2) is 6.74. The van der Waals surface area contributed by atoms with E-state index in [0.29, 0.717) is 0 Å². The number of ether oxygens (including phenoxy) is 2. The van der Waals surface area contributed by atoms with E-state index in [4.69, 9.17) is 14.6 Å². The molecule has 2 atom stereocenters. The van der Waals surface area contributed by atoms with Crippen LogP contribution in [-0.4, -0.2) is 50.6 Å². The smallest absolute Gasteiger partial charge is 0.328 e. The van der Waals surface area contributed by atoms with E-state index in [2.05, 4.69) is 4.90 Å². The Morgan fingerprint density at radius 2 is 1.90 bits per heavy atom. The molecule has 0 amide bonds. The molecule has 5 nitrogen and oxygen atoms in total. The average molecular weight is 291 g/mol. The summed E-state index contributed by atoms with van der Waals surface area (Å²) < 4.78 is 10.9. The van der Waals surface area contributed by atoms with Crippen molar-refractivity contribution in [3.8, 4) is 0 Å². The highest BCUT2D eigenvalue weighted by Crippen LogP contribution is 2.27. The van der Waals surface area contributed by atoms with Crippen molar-refractivity contribution in [2.45, 2.75) is 19.1 Å². The lowest BCUT2D eigenvalue weighted by Gasteiger charge is -2.20. The summed E-state index contributed by atoms with van der Waals surface area (Å²) in [6.45, 7) is 3.61. The fourth-order valence-electron chi connectivity index (χ4n) is 2.70. The van der Waals surface area contributed by atoms with Gasteiger partial charge in [-0.3, -0.25) is 0 Å². The molecule has 1 aliphatic rings. The van der Waals surface area contributed by atoms with Crippen LogP contribution in [0.5, 0.6) is 0 Å². The Morgan fingerprint density at radius 3 is 2.38 bits per heavy atom. The summed E-state index contributed by atoms with van der Waals surface area (Å²) in [6, 6.07) is 5.92. The number of aryl methyl sites for hydroxylation is 1. The topological polar surface area (TPSA) is 59.0 Å². The molecule has 1 aromatic carbocycles. The van der Waals surface area contributed by atoms with E-state index in [0.717, 1.165) is 36.0 Å². The Bertz CT molecular complexity index is 529. The fraction of sp³-hybridized carbons (Fsp3) is 0.438. The van der Waals surface area contributed by atoms with Gasteiger partial charge in [-0.15, -0.1) is 0 Å². The van der Waals surface area contributed by atoms with Crippen LogP contribution in [0.3, 0.4) is 0 Å². The Kier molecular flexibility index (Phi) is 4.98. The summed E-state index contributed by atoms with van der Waals surface area (Å²) in [5.74, 6) is -0.942. The van der Waals surface area contributed by atoms with Gasteiger partial charge in [0.1, 0.15) is 12.2 Å². The number of nitrogens with zero attached hydrogens (tertiary/aromatic N) is 1. The van der Waals surface area contributed by atoms with Gasteiger partial charge in [0.2, 0.25) is 0 Å². The van der Waals surface area contributed by atoms with E-state index in [1.54, 1.807) is 20.3 Å². The quantitative estimate of drug-likeness (QED) is 0.840. The zero-order chi connectivity index (χ0) is 15.4. The lowest BCUT2D eigenvalue weighted by molar-refractivity contribution is -0.131. The van der Waals surface area contributed by atoms with E-state index < -0.39 is 5.97 Å². The van der Waals surface area contributed by atoms with Gasteiger partial charge in [-0.05, 0) is 36.3 Å². The SMILES string of the molecule is COC1CN(c2ccc(/C=C/C(=O)O)cc2C)CC1OC. The Balaban J connectivity index is 2.16. The van der Waals surface area contributed by atoms with Gasteiger partial charge in [-0.1, -0.05) is 6.07 Å². The zero-order valence-corrected chi connectivity index (χ0v) is 12.6. The molecule has 114 valence electrons. The van der Waals surface area contributed by atoms with Gasteiger partial charge in [0.05, 0.1) is 0 Å². The van der Waals surface area contributed by atoms with Crippen LogP contribution in [0.15, 0.2) is 24.3 Å². The maximum Gasteiger partial charge on any atom is 0.328 e. The predicted molar refractivity (Wildman–Crippen MR) is 81.7 cm³/mol. The predicted octanol–water partition coefficient (Wildman–Crippen LogP) is 1.94. The Hall–Kier alpha value is -1.85. The molecule has 0 bridgehead atoms. The van der Waals surface area contributed by atoms with Crippen LogP contribution >= 0.6 is 0 Å². The molecule has 2 unspecified atom stereocenters. The molecule has 0 saturated carbocycles. The van der Waals surface area contributed by atoms with Crippen molar-refractivity contribution in [1.29, 1.82) is 0 Å². The maximum atomic E-state index is 10.5. The van der Waals surface area contributed by atoms with Crippen LogP contribution < -0.4 is 4.90 Å². The van der Waals surface area contributed by atoms with Crippen molar-refractivity contribution in [3.63, 3.8) is 0 Å². The molecule has 1 aliphatic heterocycles. The van der Waals surface area contributed by atoms with E-state index in [9.17, 15) is 4.79 Å². The first-order chi connectivity index (χ1) is 10.0. The lowest BCUT2D eigenvalue weighted by atomic mass is 10.1. The molecule has 0 aromatic heterocycles. The first-order valence-corrected chi connectivity index (χ1v) is 6.87. The highest BCUT2D eigenvalue weighted by Gasteiger charge is 2.33. The highest BCUT2D eigenvalue weighted by atomic mass is 16.5. The fourth-order valence-corrected chi connectivity index (χ4v) is 2.70. The van der Waals surface area contributed by atoms with Crippen LogP contribution in [0.25, 0.3) is 6.08 Å². The largest absolute Gasteiger partial charge is 0.478 e. The average Bonchev–Trinajstić information content (AvgIpc) is 2.88. The first kappa shape index (κ1) is 15.5.